The Morgan fingerprint density at radius 1 is 0.960 bits per heavy atom. The zero-order valence-corrected chi connectivity index (χ0v) is 14.4. The number of methoxy groups -OCH3 is 1. The summed E-state index contributed by atoms with van der Waals surface area (Å²) in [5, 5.41) is 2.94. The molecule has 0 saturated heterocycles. The number of rotatable bonds is 5. The number of nitrogens with one attached hydrogen (secondary N) is 1. The first-order valence-electron chi connectivity index (χ1n) is 7.37. The average Bonchev–Trinajstić information content (AvgIpc) is 2.62. The van der Waals surface area contributed by atoms with Crippen molar-refractivity contribution in [2.24, 2.45) is 0 Å². The first kappa shape index (κ1) is 18.5. The van der Waals surface area contributed by atoms with Gasteiger partial charge >= 0.3 is 11.9 Å². The Kier molecular flexibility index (Phi) is 6.14. The van der Waals surface area contributed by atoms with Gasteiger partial charge in [0.25, 0.3) is 5.91 Å². The zero-order chi connectivity index (χ0) is 18.4. The quantitative estimate of drug-likeness (QED) is 0.826. The van der Waals surface area contributed by atoms with Crippen molar-refractivity contribution < 1.29 is 23.9 Å². The molecule has 0 fully saturated rings. The van der Waals surface area contributed by atoms with E-state index in [1.54, 1.807) is 36.4 Å². The number of esters is 2. The van der Waals surface area contributed by atoms with Gasteiger partial charge in [-0.15, -0.1) is 0 Å². The summed E-state index contributed by atoms with van der Waals surface area (Å²) in [4.78, 5) is 36.2. The lowest BCUT2D eigenvalue weighted by Crippen LogP contribution is -2.30. The standard InChI is InChI=1S/C18H16ClNO5/c1-11(16(21)20-15-10-6-5-9-14(15)19)25-18(23)13-8-4-3-7-12(13)17(22)24-2/h3-11H,1-2H3,(H,20,21). The SMILES string of the molecule is COC(=O)c1ccccc1C(=O)OC(C)C(=O)Nc1ccccc1Cl. The molecule has 2 aromatic rings. The van der Waals surface area contributed by atoms with Gasteiger partial charge in [0.15, 0.2) is 6.10 Å². The second kappa shape index (κ2) is 8.30. The second-order valence-corrected chi connectivity index (χ2v) is 5.46. The number of para-hydroxylation sites is 1. The van der Waals surface area contributed by atoms with E-state index < -0.39 is 23.9 Å². The predicted octanol–water partition coefficient (Wildman–Crippen LogP) is 3.31. The minimum absolute atomic E-state index is 0.0201. The van der Waals surface area contributed by atoms with Crippen molar-refractivity contribution in [1.29, 1.82) is 0 Å². The largest absolute Gasteiger partial charge is 0.465 e. The van der Waals surface area contributed by atoms with Gasteiger partial charge in [-0.05, 0) is 31.2 Å². The van der Waals surface area contributed by atoms with E-state index in [1.165, 1.54) is 26.2 Å². The Balaban J connectivity index is 2.09. The molecule has 25 heavy (non-hydrogen) atoms. The van der Waals surface area contributed by atoms with E-state index in [-0.39, 0.29) is 11.1 Å². The molecule has 7 heteroatoms. The Labute approximate surface area is 149 Å². The summed E-state index contributed by atoms with van der Waals surface area (Å²) >= 11 is 5.97. The van der Waals surface area contributed by atoms with Crippen LogP contribution in [0.5, 0.6) is 0 Å². The highest BCUT2D eigenvalue weighted by molar-refractivity contribution is 6.33. The van der Waals surface area contributed by atoms with Crippen LogP contribution in [0.25, 0.3) is 0 Å². The van der Waals surface area contributed by atoms with Crippen molar-refractivity contribution in [1.82, 2.24) is 0 Å². The summed E-state index contributed by atoms with van der Waals surface area (Å²) in [5.41, 5.74) is 0.493. The second-order valence-electron chi connectivity index (χ2n) is 5.05. The van der Waals surface area contributed by atoms with Gasteiger partial charge in [-0.1, -0.05) is 35.9 Å². The number of ether oxygens (including phenoxy) is 2. The van der Waals surface area contributed by atoms with Crippen LogP contribution in [0.15, 0.2) is 48.5 Å². The summed E-state index contributed by atoms with van der Waals surface area (Å²) in [6.07, 6.45) is -1.09. The van der Waals surface area contributed by atoms with Crippen LogP contribution in [0.4, 0.5) is 5.69 Å². The molecule has 6 nitrogen and oxygen atoms in total. The maximum atomic E-state index is 12.3. The molecule has 0 aromatic heterocycles. The summed E-state index contributed by atoms with van der Waals surface area (Å²) in [6.45, 7) is 1.42. The lowest BCUT2D eigenvalue weighted by Gasteiger charge is -2.15. The number of halogens is 1. The fourth-order valence-electron chi connectivity index (χ4n) is 2.02. The Hall–Kier alpha value is -2.86. The van der Waals surface area contributed by atoms with Gasteiger partial charge in [0.05, 0.1) is 28.9 Å². The summed E-state index contributed by atoms with van der Waals surface area (Å²) in [7, 11) is 1.21. The third-order valence-electron chi connectivity index (χ3n) is 3.34. The van der Waals surface area contributed by atoms with Crippen molar-refractivity contribution >= 4 is 35.1 Å². The monoisotopic (exact) mass is 361 g/mol. The molecule has 130 valence electrons. The zero-order valence-electron chi connectivity index (χ0n) is 13.6. The van der Waals surface area contributed by atoms with E-state index >= 15 is 0 Å². The van der Waals surface area contributed by atoms with Crippen molar-refractivity contribution in [3.8, 4) is 0 Å². The molecule has 0 aliphatic carbocycles. The number of benzene rings is 2. The van der Waals surface area contributed by atoms with Crippen LogP contribution in [0.2, 0.25) is 5.02 Å². The number of hydrogen-bond donors (Lipinski definition) is 1. The Morgan fingerprint density at radius 3 is 2.12 bits per heavy atom. The highest BCUT2D eigenvalue weighted by atomic mass is 35.5. The molecule has 0 heterocycles. The molecule has 0 bridgehead atoms. The van der Waals surface area contributed by atoms with Gasteiger partial charge in [-0.2, -0.15) is 0 Å². The van der Waals surface area contributed by atoms with E-state index in [0.29, 0.717) is 10.7 Å². The van der Waals surface area contributed by atoms with Crippen LogP contribution < -0.4 is 5.32 Å². The molecule has 0 radical (unpaired) electrons. The van der Waals surface area contributed by atoms with Crippen LogP contribution in [0, 0.1) is 0 Å². The van der Waals surface area contributed by atoms with Crippen LogP contribution in [0.3, 0.4) is 0 Å². The maximum absolute atomic E-state index is 12.3. The van der Waals surface area contributed by atoms with Crippen LogP contribution in [-0.4, -0.2) is 31.1 Å². The van der Waals surface area contributed by atoms with Crippen molar-refractivity contribution in [3.05, 3.63) is 64.7 Å². The molecule has 1 amide bonds. The predicted molar refractivity (Wildman–Crippen MR) is 92.7 cm³/mol. The molecule has 1 atom stereocenters. The van der Waals surface area contributed by atoms with E-state index in [0.717, 1.165) is 0 Å². The fraction of sp³-hybridized carbons (Fsp3) is 0.167. The molecule has 2 aromatic carbocycles. The molecule has 0 spiro atoms. The molecule has 2 rings (SSSR count). The molecule has 0 aliphatic rings. The molecule has 1 N–H and O–H groups in total. The highest BCUT2D eigenvalue weighted by Gasteiger charge is 2.23. The number of hydrogen-bond acceptors (Lipinski definition) is 5. The minimum atomic E-state index is -1.09. The van der Waals surface area contributed by atoms with Gasteiger partial charge in [-0.25, -0.2) is 9.59 Å². The van der Waals surface area contributed by atoms with E-state index in [2.05, 4.69) is 10.1 Å². The third kappa shape index (κ3) is 4.58. The van der Waals surface area contributed by atoms with Crippen LogP contribution in [-0.2, 0) is 14.3 Å². The normalized spacial score (nSPS) is 11.3. The number of carbonyl (C=O) groups excluding carboxylic acids is 3. The lowest BCUT2D eigenvalue weighted by atomic mass is 10.1. The first-order valence-corrected chi connectivity index (χ1v) is 7.75. The van der Waals surface area contributed by atoms with Gasteiger partial charge in [-0.3, -0.25) is 4.79 Å². The minimum Gasteiger partial charge on any atom is -0.465 e. The molecular formula is C18H16ClNO5. The molecule has 1 unspecified atom stereocenters. The molecule has 0 aliphatic heterocycles. The topological polar surface area (TPSA) is 81.7 Å². The molecule has 0 saturated carbocycles. The van der Waals surface area contributed by atoms with Gasteiger partial charge < -0.3 is 14.8 Å². The smallest absolute Gasteiger partial charge is 0.339 e. The average molecular weight is 362 g/mol. The Bertz CT molecular complexity index is 806. The number of amides is 1. The Morgan fingerprint density at radius 2 is 1.52 bits per heavy atom. The molecular weight excluding hydrogens is 346 g/mol. The van der Waals surface area contributed by atoms with E-state index in [4.69, 9.17) is 16.3 Å². The van der Waals surface area contributed by atoms with E-state index in [1.807, 2.05) is 0 Å². The highest BCUT2D eigenvalue weighted by Crippen LogP contribution is 2.21. The summed E-state index contributed by atoms with van der Waals surface area (Å²) < 4.78 is 9.77. The van der Waals surface area contributed by atoms with Crippen molar-refractivity contribution in [3.63, 3.8) is 0 Å². The van der Waals surface area contributed by atoms with Gasteiger partial charge in [0.2, 0.25) is 0 Å². The lowest BCUT2D eigenvalue weighted by molar-refractivity contribution is -0.123. The van der Waals surface area contributed by atoms with Gasteiger partial charge in [0.1, 0.15) is 0 Å². The van der Waals surface area contributed by atoms with Crippen molar-refractivity contribution in [2.75, 3.05) is 12.4 Å². The summed E-state index contributed by atoms with van der Waals surface area (Å²) in [6, 6.07) is 12.7. The summed E-state index contributed by atoms with van der Waals surface area (Å²) in [5.74, 6) is -2.01. The fourth-order valence-corrected chi connectivity index (χ4v) is 2.21. The van der Waals surface area contributed by atoms with Crippen molar-refractivity contribution in [2.45, 2.75) is 13.0 Å². The van der Waals surface area contributed by atoms with E-state index in [9.17, 15) is 14.4 Å². The van der Waals surface area contributed by atoms with Crippen LogP contribution >= 0.6 is 11.6 Å². The number of carbonyl (C=O) groups is 3. The first-order chi connectivity index (χ1) is 11.9. The maximum Gasteiger partial charge on any atom is 0.339 e. The third-order valence-corrected chi connectivity index (χ3v) is 3.67. The van der Waals surface area contributed by atoms with Gasteiger partial charge in [0, 0.05) is 0 Å². The number of anilines is 1. The van der Waals surface area contributed by atoms with Crippen LogP contribution in [0.1, 0.15) is 27.6 Å².